The molecule has 0 radical (unpaired) electrons. The highest BCUT2D eigenvalue weighted by Gasteiger charge is 2.29. The lowest BCUT2D eigenvalue weighted by Crippen LogP contribution is -2.27. The molecule has 0 heterocycles. The van der Waals surface area contributed by atoms with Crippen molar-refractivity contribution in [2.45, 2.75) is 32.6 Å². The molecule has 0 aromatic heterocycles. The van der Waals surface area contributed by atoms with Crippen LogP contribution in [0.15, 0.2) is 11.8 Å². The molecule has 0 bridgehead atoms. The summed E-state index contributed by atoms with van der Waals surface area (Å²) in [4.78, 5) is 25.2. The molecule has 0 aliphatic heterocycles. The number of Topliss-reactive ketones (excluding diaryl/α,β-unsaturated/α-hetero) is 2. The third kappa shape index (κ3) is 3.18. The van der Waals surface area contributed by atoms with Gasteiger partial charge < -0.3 is 4.90 Å². The number of carbonyl (C=O) groups is 2. The molecule has 0 amide bonds. The van der Waals surface area contributed by atoms with Crippen molar-refractivity contribution in [2.75, 3.05) is 14.1 Å². The monoisotopic (exact) mass is 209 g/mol. The number of carbonyl (C=O) groups excluding carboxylic acids is 2. The van der Waals surface area contributed by atoms with Gasteiger partial charge in [0.1, 0.15) is 0 Å². The van der Waals surface area contributed by atoms with Crippen LogP contribution in [-0.4, -0.2) is 30.6 Å². The van der Waals surface area contributed by atoms with Gasteiger partial charge in [0.2, 0.25) is 0 Å². The molecule has 15 heavy (non-hydrogen) atoms. The average Bonchev–Trinajstić information content (AvgIpc) is 2.11. The Labute approximate surface area is 91.1 Å². The van der Waals surface area contributed by atoms with Gasteiger partial charge in [-0.25, -0.2) is 0 Å². The van der Waals surface area contributed by atoms with Crippen LogP contribution in [0, 0.1) is 5.92 Å². The number of hydrogen-bond donors (Lipinski definition) is 0. The van der Waals surface area contributed by atoms with Crippen LogP contribution in [0.4, 0.5) is 0 Å². The molecule has 1 saturated carbocycles. The van der Waals surface area contributed by atoms with Gasteiger partial charge in [0.25, 0.3) is 0 Å². The molecule has 1 aliphatic rings. The van der Waals surface area contributed by atoms with Gasteiger partial charge in [-0.05, 0) is 12.3 Å². The fourth-order valence-corrected chi connectivity index (χ4v) is 1.99. The molecule has 0 atom stereocenters. The zero-order valence-corrected chi connectivity index (χ0v) is 9.75. The van der Waals surface area contributed by atoms with Crippen LogP contribution in [0.1, 0.15) is 32.6 Å². The van der Waals surface area contributed by atoms with Gasteiger partial charge in [-0.1, -0.05) is 13.3 Å². The quantitative estimate of drug-likeness (QED) is 0.525. The molecule has 0 unspecified atom stereocenters. The van der Waals surface area contributed by atoms with E-state index >= 15 is 0 Å². The van der Waals surface area contributed by atoms with Crippen molar-refractivity contribution in [1.29, 1.82) is 0 Å². The number of hydrogen-bond acceptors (Lipinski definition) is 3. The van der Waals surface area contributed by atoms with Crippen molar-refractivity contribution >= 4 is 11.6 Å². The molecule has 3 nitrogen and oxygen atoms in total. The van der Waals surface area contributed by atoms with Crippen molar-refractivity contribution in [2.24, 2.45) is 5.92 Å². The molecule has 3 heteroatoms. The van der Waals surface area contributed by atoms with Crippen LogP contribution in [0.5, 0.6) is 0 Å². The molecule has 0 saturated heterocycles. The minimum absolute atomic E-state index is 0.0124. The van der Waals surface area contributed by atoms with Crippen molar-refractivity contribution in [3.8, 4) is 0 Å². The van der Waals surface area contributed by atoms with E-state index in [1.807, 2.05) is 14.1 Å². The highest BCUT2D eigenvalue weighted by Crippen LogP contribution is 2.26. The molecular formula is C12H19NO2. The first-order chi connectivity index (χ1) is 7.04. The smallest absolute Gasteiger partial charge is 0.168 e. The maximum atomic E-state index is 11.7. The Kier molecular flexibility index (Phi) is 4.06. The molecule has 1 rings (SSSR count). The van der Waals surface area contributed by atoms with E-state index in [1.54, 1.807) is 11.1 Å². The Morgan fingerprint density at radius 2 is 1.80 bits per heavy atom. The van der Waals surface area contributed by atoms with Crippen LogP contribution >= 0.6 is 0 Å². The van der Waals surface area contributed by atoms with Crippen molar-refractivity contribution < 1.29 is 9.59 Å². The topological polar surface area (TPSA) is 37.4 Å². The molecule has 0 spiro atoms. The van der Waals surface area contributed by atoms with Gasteiger partial charge in [-0.15, -0.1) is 0 Å². The number of nitrogens with zero attached hydrogens (tertiary/aromatic N) is 1. The average molecular weight is 209 g/mol. The van der Waals surface area contributed by atoms with E-state index < -0.39 is 0 Å². The molecule has 84 valence electrons. The Bertz CT molecular complexity index is 272. The summed E-state index contributed by atoms with van der Waals surface area (Å²) in [5.41, 5.74) is 0.382. The van der Waals surface area contributed by atoms with Gasteiger partial charge in [0.05, 0.1) is 5.57 Å². The summed E-state index contributed by atoms with van der Waals surface area (Å²) in [6, 6.07) is 0. The summed E-state index contributed by atoms with van der Waals surface area (Å²) in [5, 5.41) is 0. The number of rotatable bonds is 3. The third-order valence-corrected chi connectivity index (χ3v) is 2.63. The number of ketones is 2. The van der Waals surface area contributed by atoms with Crippen LogP contribution in [0.2, 0.25) is 0 Å². The SMILES string of the molecule is CCCC1CC(=O)C(=CN(C)C)C(=O)C1. The summed E-state index contributed by atoms with van der Waals surface area (Å²) in [6.07, 6.45) is 4.75. The standard InChI is InChI=1S/C12H19NO2/c1-4-5-9-6-11(14)10(8-13(2)3)12(15)7-9/h8-9H,4-7H2,1-3H3. The zero-order valence-electron chi connectivity index (χ0n) is 9.75. The summed E-state index contributed by atoms with van der Waals surface area (Å²) < 4.78 is 0. The van der Waals surface area contributed by atoms with Gasteiger partial charge in [0, 0.05) is 33.1 Å². The van der Waals surface area contributed by atoms with Crippen molar-refractivity contribution in [3.05, 3.63) is 11.8 Å². The van der Waals surface area contributed by atoms with Crippen LogP contribution in [-0.2, 0) is 9.59 Å². The fourth-order valence-electron chi connectivity index (χ4n) is 1.99. The van der Waals surface area contributed by atoms with Gasteiger partial charge in [-0.3, -0.25) is 9.59 Å². The summed E-state index contributed by atoms with van der Waals surface area (Å²) in [5.74, 6) is 0.297. The van der Waals surface area contributed by atoms with E-state index in [0.717, 1.165) is 12.8 Å². The first kappa shape index (κ1) is 12.0. The predicted octanol–water partition coefficient (Wildman–Crippen LogP) is 1.78. The molecule has 1 fully saturated rings. The summed E-state index contributed by atoms with van der Waals surface area (Å²) in [7, 11) is 3.65. The van der Waals surface area contributed by atoms with E-state index in [2.05, 4.69) is 6.92 Å². The predicted molar refractivity (Wildman–Crippen MR) is 59.4 cm³/mol. The largest absolute Gasteiger partial charge is 0.383 e. The van der Waals surface area contributed by atoms with E-state index in [-0.39, 0.29) is 17.5 Å². The lowest BCUT2D eigenvalue weighted by molar-refractivity contribution is -0.125. The maximum absolute atomic E-state index is 11.7. The van der Waals surface area contributed by atoms with Gasteiger partial charge in [0.15, 0.2) is 11.6 Å². The van der Waals surface area contributed by atoms with E-state index in [9.17, 15) is 9.59 Å². The highest BCUT2D eigenvalue weighted by molar-refractivity contribution is 6.21. The van der Waals surface area contributed by atoms with E-state index in [1.165, 1.54) is 0 Å². The molecular weight excluding hydrogens is 190 g/mol. The maximum Gasteiger partial charge on any atom is 0.168 e. The van der Waals surface area contributed by atoms with Gasteiger partial charge >= 0.3 is 0 Å². The number of allylic oxidation sites excluding steroid dienone is 1. The third-order valence-electron chi connectivity index (χ3n) is 2.63. The first-order valence-electron chi connectivity index (χ1n) is 5.49. The molecule has 0 N–H and O–H groups in total. The van der Waals surface area contributed by atoms with Crippen molar-refractivity contribution in [3.63, 3.8) is 0 Å². The van der Waals surface area contributed by atoms with Crippen LogP contribution < -0.4 is 0 Å². The fraction of sp³-hybridized carbons (Fsp3) is 0.667. The minimum atomic E-state index is 0.0124. The second kappa shape index (κ2) is 5.10. The van der Waals surface area contributed by atoms with Crippen LogP contribution in [0.25, 0.3) is 0 Å². The normalized spacial score (nSPS) is 21.8. The second-order valence-corrected chi connectivity index (χ2v) is 4.42. The Balaban J connectivity index is 2.73. The molecule has 1 aliphatic carbocycles. The Morgan fingerprint density at radius 1 is 1.27 bits per heavy atom. The second-order valence-electron chi connectivity index (χ2n) is 4.42. The van der Waals surface area contributed by atoms with E-state index in [0.29, 0.717) is 18.4 Å². The summed E-state index contributed by atoms with van der Waals surface area (Å²) in [6.45, 7) is 2.08. The zero-order chi connectivity index (χ0) is 11.4. The van der Waals surface area contributed by atoms with Crippen molar-refractivity contribution in [1.82, 2.24) is 4.90 Å². The first-order valence-corrected chi connectivity index (χ1v) is 5.49. The van der Waals surface area contributed by atoms with Crippen LogP contribution in [0.3, 0.4) is 0 Å². The van der Waals surface area contributed by atoms with Gasteiger partial charge in [-0.2, -0.15) is 0 Å². The highest BCUT2D eigenvalue weighted by atomic mass is 16.1. The Morgan fingerprint density at radius 3 is 2.20 bits per heavy atom. The lowest BCUT2D eigenvalue weighted by Gasteiger charge is -2.22. The lowest BCUT2D eigenvalue weighted by atomic mass is 9.82. The Hall–Kier alpha value is -1.12. The molecule has 0 aromatic carbocycles. The van der Waals surface area contributed by atoms with E-state index in [4.69, 9.17) is 0 Å². The minimum Gasteiger partial charge on any atom is -0.383 e. The summed E-state index contributed by atoms with van der Waals surface area (Å²) >= 11 is 0. The molecule has 0 aromatic rings.